The number of nitriles is 1. The molecule has 2 aromatic rings. The maximum atomic E-state index is 11.9. The Hall–Kier alpha value is -2.78. The van der Waals surface area contributed by atoms with Crippen LogP contribution >= 0.6 is 11.8 Å². The maximum absolute atomic E-state index is 11.9. The summed E-state index contributed by atoms with van der Waals surface area (Å²) in [5.41, 5.74) is 2.88. The lowest BCUT2D eigenvalue weighted by molar-refractivity contribution is -0.141. The lowest BCUT2D eigenvalue weighted by Crippen LogP contribution is -2.07. The molecule has 5 nitrogen and oxygen atoms in total. The minimum atomic E-state index is -0.318. The SMILES string of the molecule is COc1ccc(C(C)=O)cc1CSCC(=O)OCc1ccc(C#N)cc1. The van der Waals surface area contributed by atoms with E-state index in [0.29, 0.717) is 22.6 Å². The van der Waals surface area contributed by atoms with Gasteiger partial charge in [-0.3, -0.25) is 9.59 Å². The van der Waals surface area contributed by atoms with E-state index in [2.05, 4.69) is 0 Å². The third-order valence-corrected chi connectivity index (χ3v) is 4.60. The Morgan fingerprint density at radius 2 is 1.88 bits per heavy atom. The molecule has 0 bridgehead atoms. The monoisotopic (exact) mass is 369 g/mol. The van der Waals surface area contributed by atoms with Crippen LogP contribution in [0.4, 0.5) is 0 Å². The quantitative estimate of drug-likeness (QED) is 0.521. The fourth-order valence-electron chi connectivity index (χ4n) is 2.24. The van der Waals surface area contributed by atoms with Gasteiger partial charge in [0.05, 0.1) is 24.5 Å². The van der Waals surface area contributed by atoms with Crippen LogP contribution < -0.4 is 4.74 Å². The number of methoxy groups -OCH3 is 1. The van der Waals surface area contributed by atoms with E-state index in [1.165, 1.54) is 18.7 Å². The standard InChI is InChI=1S/C20H19NO4S/c1-14(22)17-7-8-19(24-2)18(9-17)12-26-13-20(23)25-11-16-5-3-15(10-21)4-6-16/h3-9H,11-13H2,1-2H3. The van der Waals surface area contributed by atoms with Gasteiger partial charge in [-0.05, 0) is 42.8 Å². The fraction of sp³-hybridized carbons (Fsp3) is 0.250. The molecule has 0 aromatic heterocycles. The van der Waals surface area contributed by atoms with Crippen molar-refractivity contribution < 1.29 is 19.1 Å². The molecule has 134 valence electrons. The van der Waals surface area contributed by atoms with Crippen LogP contribution in [0.25, 0.3) is 0 Å². The zero-order chi connectivity index (χ0) is 18.9. The summed E-state index contributed by atoms with van der Waals surface area (Å²) in [5, 5.41) is 8.76. The average molecular weight is 369 g/mol. The van der Waals surface area contributed by atoms with Crippen molar-refractivity contribution in [3.8, 4) is 11.8 Å². The Morgan fingerprint density at radius 1 is 1.15 bits per heavy atom. The molecule has 0 amide bonds. The Morgan fingerprint density at radius 3 is 2.50 bits per heavy atom. The van der Waals surface area contributed by atoms with Crippen molar-refractivity contribution in [2.75, 3.05) is 12.9 Å². The summed E-state index contributed by atoms with van der Waals surface area (Å²) in [4.78, 5) is 23.4. The number of thioether (sulfide) groups is 1. The summed E-state index contributed by atoms with van der Waals surface area (Å²) in [5.74, 6) is 1.09. The van der Waals surface area contributed by atoms with E-state index in [1.54, 1.807) is 49.6 Å². The molecule has 0 saturated carbocycles. The number of ketones is 1. The van der Waals surface area contributed by atoms with Crippen molar-refractivity contribution in [1.29, 1.82) is 5.26 Å². The molecule has 26 heavy (non-hydrogen) atoms. The molecule has 0 aliphatic heterocycles. The van der Waals surface area contributed by atoms with E-state index in [0.717, 1.165) is 11.1 Å². The maximum Gasteiger partial charge on any atom is 0.316 e. The Balaban J connectivity index is 1.83. The number of nitrogens with zero attached hydrogens (tertiary/aromatic N) is 1. The summed E-state index contributed by atoms with van der Waals surface area (Å²) in [6, 6.07) is 14.2. The van der Waals surface area contributed by atoms with Crippen molar-refractivity contribution in [1.82, 2.24) is 0 Å². The number of carbonyl (C=O) groups excluding carboxylic acids is 2. The van der Waals surface area contributed by atoms with E-state index in [-0.39, 0.29) is 24.1 Å². The molecule has 0 heterocycles. The van der Waals surface area contributed by atoms with Gasteiger partial charge in [-0.25, -0.2) is 0 Å². The topological polar surface area (TPSA) is 76.4 Å². The van der Waals surface area contributed by atoms with Gasteiger partial charge in [0, 0.05) is 16.9 Å². The van der Waals surface area contributed by atoms with Crippen LogP contribution in [0.5, 0.6) is 5.75 Å². The van der Waals surface area contributed by atoms with E-state index < -0.39 is 0 Å². The second kappa shape index (κ2) is 9.64. The zero-order valence-corrected chi connectivity index (χ0v) is 15.5. The van der Waals surface area contributed by atoms with Crippen LogP contribution in [0, 0.1) is 11.3 Å². The van der Waals surface area contributed by atoms with Crippen molar-refractivity contribution in [3.05, 3.63) is 64.7 Å². The second-order valence-corrected chi connectivity index (χ2v) is 6.53. The van der Waals surface area contributed by atoms with Crippen molar-refractivity contribution in [2.45, 2.75) is 19.3 Å². The van der Waals surface area contributed by atoms with E-state index in [4.69, 9.17) is 14.7 Å². The van der Waals surface area contributed by atoms with Crippen LogP contribution in [0.1, 0.15) is 34.0 Å². The summed E-state index contributed by atoms with van der Waals surface area (Å²) in [6.45, 7) is 1.69. The lowest BCUT2D eigenvalue weighted by atomic mass is 10.1. The number of carbonyl (C=O) groups is 2. The van der Waals surface area contributed by atoms with E-state index >= 15 is 0 Å². The Kier molecular flexibility index (Phi) is 7.24. The Bertz CT molecular complexity index is 825. The fourth-order valence-corrected chi connectivity index (χ4v) is 3.03. The molecule has 2 rings (SSSR count). The summed E-state index contributed by atoms with van der Waals surface area (Å²) in [6.07, 6.45) is 0. The first-order valence-corrected chi connectivity index (χ1v) is 9.09. The summed E-state index contributed by atoms with van der Waals surface area (Å²) in [7, 11) is 1.57. The first-order valence-electron chi connectivity index (χ1n) is 7.93. The van der Waals surface area contributed by atoms with Crippen LogP contribution in [0.3, 0.4) is 0 Å². The second-order valence-electron chi connectivity index (χ2n) is 5.55. The van der Waals surface area contributed by atoms with Crippen LogP contribution in [0.15, 0.2) is 42.5 Å². The van der Waals surface area contributed by atoms with Gasteiger partial charge in [0.25, 0.3) is 0 Å². The third-order valence-electron chi connectivity index (χ3n) is 3.65. The molecule has 0 saturated heterocycles. The van der Waals surface area contributed by atoms with Gasteiger partial charge in [0.2, 0.25) is 0 Å². The lowest BCUT2D eigenvalue weighted by Gasteiger charge is -2.10. The van der Waals surface area contributed by atoms with Gasteiger partial charge >= 0.3 is 5.97 Å². The highest BCUT2D eigenvalue weighted by atomic mass is 32.2. The summed E-state index contributed by atoms with van der Waals surface area (Å²) >= 11 is 1.40. The minimum Gasteiger partial charge on any atom is -0.496 e. The molecule has 0 radical (unpaired) electrons. The zero-order valence-electron chi connectivity index (χ0n) is 14.7. The normalized spacial score (nSPS) is 10.0. The molecule has 0 atom stereocenters. The van der Waals surface area contributed by atoms with Crippen LogP contribution in [-0.4, -0.2) is 24.6 Å². The molecule has 0 fully saturated rings. The van der Waals surface area contributed by atoms with E-state index in [1.807, 2.05) is 6.07 Å². The predicted octanol–water partition coefficient (Wildman–Crippen LogP) is 3.75. The highest BCUT2D eigenvalue weighted by Gasteiger charge is 2.10. The number of ether oxygens (including phenoxy) is 2. The van der Waals surface area contributed by atoms with Gasteiger partial charge in [0.1, 0.15) is 12.4 Å². The van der Waals surface area contributed by atoms with E-state index in [9.17, 15) is 9.59 Å². The third kappa shape index (κ3) is 5.64. The first kappa shape index (κ1) is 19.5. The highest BCUT2D eigenvalue weighted by Crippen LogP contribution is 2.25. The number of Topliss-reactive ketones (excluding diaryl/α,β-unsaturated/α-hetero) is 1. The molecule has 0 spiro atoms. The van der Waals surface area contributed by atoms with Crippen LogP contribution in [-0.2, 0) is 21.9 Å². The number of hydrogen-bond donors (Lipinski definition) is 0. The van der Waals surface area contributed by atoms with Gasteiger partial charge in [-0.1, -0.05) is 12.1 Å². The molecule has 0 N–H and O–H groups in total. The largest absolute Gasteiger partial charge is 0.496 e. The van der Waals surface area contributed by atoms with Crippen molar-refractivity contribution in [2.24, 2.45) is 0 Å². The highest BCUT2D eigenvalue weighted by molar-refractivity contribution is 7.99. The predicted molar refractivity (Wildman–Crippen MR) is 100 cm³/mol. The first-order chi connectivity index (χ1) is 12.5. The molecule has 2 aromatic carbocycles. The summed E-state index contributed by atoms with van der Waals surface area (Å²) < 4.78 is 10.5. The molecule has 0 unspecified atom stereocenters. The molecule has 0 aliphatic carbocycles. The van der Waals surface area contributed by atoms with Gasteiger partial charge in [-0.2, -0.15) is 5.26 Å². The smallest absolute Gasteiger partial charge is 0.316 e. The van der Waals surface area contributed by atoms with Crippen molar-refractivity contribution in [3.63, 3.8) is 0 Å². The minimum absolute atomic E-state index is 0.0132. The van der Waals surface area contributed by atoms with Gasteiger partial charge in [-0.15, -0.1) is 11.8 Å². The van der Waals surface area contributed by atoms with Crippen molar-refractivity contribution >= 4 is 23.5 Å². The molecule has 0 aliphatic rings. The number of rotatable bonds is 8. The van der Waals surface area contributed by atoms with Gasteiger partial charge in [0.15, 0.2) is 5.78 Å². The number of hydrogen-bond acceptors (Lipinski definition) is 6. The molecule has 6 heteroatoms. The molecular weight excluding hydrogens is 350 g/mol. The molecular formula is C20H19NO4S. The van der Waals surface area contributed by atoms with Gasteiger partial charge < -0.3 is 9.47 Å². The van der Waals surface area contributed by atoms with Crippen LogP contribution in [0.2, 0.25) is 0 Å². The number of esters is 1. The number of benzene rings is 2. The Labute approximate surface area is 156 Å². The average Bonchev–Trinajstić information content (AvgIpc) is 2.66.